The van der Waals surface area contributed by atoms with E-state index in [4.69, 9.17) is 16.3 Å². The highest BCUT2D eigenvalue weighted by molar-refractivity contribution is 6.30. The normalized spacial score (nSPS) is 16.6. The molecule has 5 nitrogen and oxygen atoms in total. The molecule has 2 aromatic rings. The molecular formula is C14H14ClN3O2. The van der Waals surface area contributed by atoms with Gasteiger partial charge in [-0.25, -0.2) is 0 Å². The van der Waals surface area contributed by atoms with Gasteiger partial charge in [0, 0.05) is 24.6 Å². The van der Waals surface area contributed by atoms with Crippen molar-refractivity contribution in [3.63, 3.8) is 0 Å². The first-order valence-corrected chi connectivity index (χ1v) is 6.67. The molecule has 0 radical (unpaired) electrons. The fourth-order valence-corrected chi connectivity index (χ4v) is 2.49. The fourth-order valence-electron chi connectivity index (χ4n) is 2.30. The second-order valence-corrected chi connectivity index (χ2v) is 5.28. The van der Waals surface area contributed by atoms with Gasteiger partial charge in [-0.15, -0.1) is 0 Å². The SMILES string of the molecule is Cc1cc(NC(=O)C2Cc3cc(Cl)ccc3O2)n(C)n1. The Hall–Kier alpha value is -2.01. The molecule has 6 heteroatoms. The van der Waals surface area contributed by atoms with E-state index < -0.39 is 6.10 Å². The summed E-state index contributed by atoms with van der Waals surface area (Å²) < 4.78 is 7.27. The standard InChI is InChI=1S/C14H14ClN3O2/c1-8-5-13(18(2)17-8)16-14(19)12-7-9-6-10(15)3-4-11(9)20-12/h3-6,12H,7H2,1-2H3,(H,16,19). The van der Waals surface area contributed by atoms with Crippen LogP contribution in [0.2, 0.25) is 5.02 Å². The third-order valence-corrected chi connectivity index (χ3v) is 3.48. The number of ether oxygens (including phenoxy) is 1. The first kappa shape index (κ1) is 13.0. The minimum absolute atomic E-state index is 0.180. The lowest BCUT2D eigenvalue weighted by atomic mass is 10.1. The van der Waals surface area contributed by atoms with E-state index in [-0.39, 0.29) is 5.91 Å². The van der Waals surface area contributed by atoms with Crippen LogP contribution in [0, 0.1) is 6.92 Å². The third-order valence-electron chi connectivity index (χ3n) is 3.24. The molecule has 3 rings (SSSR count). The number of rotatable bonds is 2. The number of amides is 1. The van der Waals surface area contributed by atoms with Crippen molar-refractivity contribution in [2.24, 2.45) is 7.05 Å². The zero-order chi connectivity index (χ0) is 14.3. The van der Waals surface area contributed by atoms with E-state index in [1.54, 1.807) is 23.9 Å². The van der Waals surface area contributed by atoms with E-state index in [9.17, 15) is 4.79 Å². The number of aromatic nitrogens is 2. The van der Waals surface area contributed by atoms with E-state index in [2.05, 4.69) is 10.4 Å². The van der Waals surface area contributed by atoms with Gasteiger partial charge in [0.05, 0.1) is 5.69 Å². The maximum absolute atomic E-state index is 12.2. The van der Waals surface area contributed by atoms with Crippen molar-refractivity contribution in [3.05, 3.63) is 40.5 Å². The predicted molar refractivity (Wildman–Crippen MR) is 76.1 cm³/mol. The highest BCUT2D eigenvalue weighted by atomic mass is 35.5. The van der Waals surface area contributed by atoms with Crippen molar-refractivity contribution in [2.45, 2.75) is 19.4 Å². The fraction of sp³-hybridized carbons (Fsp3) is 0.286. The van der Waals surface area contributed by atoms with Crippen LogP contribution < -0.4 is 10.1 Å². The highest BCUT2D eigenvalue weighted by Gasteiger charge is 2.29. The molecule has 1 atom stereocenters. The molecule has 0 bridgehead atoms. The number of carbonyl (C=O) groups is 1. The summed E-state index contributed by atoms with van der Waals surface area (Å²) in [5.74, 6) is 1.20. The van der Waals surface area contributed by atoms with Crippen LogP contribution in [0.3, 0.4) is 0 Å². The first-order valence-electron chi connectivity index (χ1n) is 6.29. The molecule has 20 heavy (non-hydrogen) atoms. The molecule has 104 valence electrons. The molecule has 1 N–H and O–H groups in total. The zero-order valence-corrected chi connectivity index (χ0v) is 11.9. The molecule has 0 spiro atoms. The van der Waals surface area contributed by atoms with Crippen LogP contribution in [0.4, 0.5) is 5.82 Å². The van der Waals surface area contributed by atoms with E-state index in [0.717, 1.165) is 17.0 Å². The Labute approximate surface area is 121 Å². The largest absolute Gasteiger partial charge is 0.480 e. The van der Waals surface area contributed by atoms with Crippen LogP contribution >= 0.6 is 11.6 Å². The van der Waals surface area contributed by atoms with Crippen molar-refractivity contribution in [1.29, 1.82) is 0 Å². The summed E-state index contributed by atoms with van der Waals surface area (Å²) in [6, 6.07) is 7.19. The first-order chi connectivity index (χ1) is 9.52. The molecule has 0 aliphatic carbocycles. The molecular weight excluding hydrogens is 278 g/mol. The summed E-state index contributed by atoms with van der Waals surface area (Å²) in [4.78, 5) is 12.2. The van der Waals surface area contributed by atoms with Gasteiger partial charge in [0.25, 0.3) is 5.91 Å². The van der Waals surface area contributed by atoms with E-state index in [1.807, 2.05) is 19.1 Å². The van der Waals surface area contributed by atoms with E-state index >= 15 is 0 Å². The quantitative estimate of drug-likeness (QED) is 0.924. The average molecular weight is 292 g/mol. The second-order valence-electron chi connectivity index (χ2n) is 4.85. The number of hydrogen-bond acceptors (Lipinski definition) is 3. The minimum Gasteiger partial charge on any atom is -0.480 e. The Morgan fingerprint density at radius 2 is 2.30 bits per heavy atom. The van der Waals surface area contributed by atoms with Gasteiger partial charge in [-0.05, 0) is 30.7 Å². The minimum atomic E-state index is -0.529. The summed E-state index contributed by atoms with van der Waals surface area (Å²) in [7, 11) is 1.78. The number of hydrogen-bond donors (Lipinski definition) is 1. The van der Waals surface area contributed by atoms with Gasteiger partial charge in [0.15, 0.2) is 6.10 Å². The summed E-state index contributed by atoms with van der Waals surface area (Å²) in [6.45, 7) is 1.87. The lowest BCUT2D eigenvalue weighted by Crippen LogP contribution is -2.32. The van der Waals surface area contributed by atoms with Crippen LogP contribution in [0.25, 0.3) is 0 Å². The molecule has 1 aliphatic heterocycles. The number of nitrogens with zero attached hydrogens (tertiary/aromatic N) is 2. The number of anilines is 1. The second kappa shape index (κ2) is 4.83. The predicted octanol–water partition coefficient (Wildman–Crippen LogP) is 2.32. The average Bonchev–Trinajstić information content (AvgIpc) is 2.92. The molecule has 1 amide bonds. The van der Waals surface area contributed by atoms with Crippen LogP contribution in [-0.2, 0) is 18.3 Å². The molecule has 0 saturated carbocycles. The highest BCUT2D eigenvalue weighted by Crippen LogP contribution is 2.31. The van der Waals surface area contributed by atoms with E-state index in [1.165, 1.54) is 0 Å². The zero-order valence-electron chi connectivity index (χ0n) is 11.2. The lowest BCUT2D eigenvalue weighted by Gasteiger charge is -2.11. The molecule has 1 unspecified atom stereocenters. The maximum Gasteiger partial charge on any atom is 0.266 e. The van der Waals surface area contributed by atoms with Crippen molar-refractivity contribution >= 4 is 23.3 Å². The van der Waals surface area contributed by atoms with Crippen molar-refractivity contribution in [2.75, 3.05) is 5.32 Å². The Kier molecular flexibility index (Phi) is 3.14. The number of benzene rings is 1. The Morgan fingerprint density at radius 3 is 3.00 bits per heavy atom. The number of aryl methyl sites for hydroxylation is 2. The molecule has 1 aromatic carbocycles. The van der Waals surface area contributed by atoms with Crippen LogP contribution in [0.5, 0.6) is 5.75 Å². The van der Waals surface area contributed by atoms with Gasteiger partial charge in [-0.3, -0.25) is 9.48 Å². The summed E-state index contributed by atoms with van der Waals surface area (Å²) in [6.07, 6.45) is -0.00266. The summed E-state index contributed by atoms with van der Waals surface area (Å²) in [5.41, 5.74) is 1.81. The van der Waals surface area contributed by atoms with Gasteiger partial charge in [-0.2, -0.15) is 5.10 Å². The van der Waals surface area contributed by atoms with Gasteiger partial charge < -0.3 is 10.1 Å². The number of halogens is 1. The topological polar surface area (TPSA) is 56.1 Å². The Balaban J connectivity index is 1.73. The van der Waals surface area contributed by atoms with Crippen molar-refractivity contribution in [3.8, 4) is 5.75 Å². The Morgan fingerprint density at radius 1 is 1.50 bits per heavy atom. The van der Waals surface area contributed by atoms with Gasteiger partial charge >= 0.3 is 0 Å². The van der Waals surface area contributed by atoms with Crippen LogP contribution in [0.1, 0.15) is 11.3 Å². The van der Waals surface area contributed by atoms with Crippen LogP contribution in [0.15, 0.2) is 24.3 Å². The summed E-state index contributed by atoms with van der Waals surface area (Å²) >= 11 is 5.94. The molecule has 1 aliphatic rings. The van der Waals surface area contributed by atoms with Gasteiger partial charge in [-0.1, -0.05) is 11.6 Å². The van der Waals surface area contributed by atoms with Crippen molar-refractivity contribution in [1.82, 2.24) is 9.78 Å². The van der Waals surface area contributed by atoms with Crippen molar-refractivity contribution < 1.29 is 9.53 Å². The third kappa shape index (κ3) is 2.36. The number of nitrogens with one attached hydrogen (secondary N) is 1. The number of fused-ring (bicyclic) bond motifs is 1. The molecule has 0 saturated heterocycles. The molecule has 0 fully saturated rings. The Bertz CT molecular complexity index is 681. The van der Waals surface area contributed by atoms with Gasteiger partial charge in [0.2, 0.25) is 0 Å². The smallest absolute Gasteiger partial charge is 0.266 e. The number of carbonyl (C=O) groups excluding carboxylic acids is 1. The molecule has 1 aromatic heterocycles. The lowest BCUT2D eigenvalue weighted by molar-refractivity contribution is -0.122. The summed E-state index contributed by atoms with van der Waals surface area (Å²) in [5, 5.41) is 7.66. The van der Waals surface area contributed by atoms with Gasteiger partial charge in [0.1, 0.15) is 11.6 Å². The maximum atomic E-state index is 12.2. The monoisotopic (exact) mass is 291 g/mol. The van der Waals surface area contributed by atoms with E-state index in [0.29, 0.717) is 17.3 Å². The van der Waals surface area contributed by atoms with Crippen LogP contribution in [-0.4, -0.2) is 21.8 Å². The molecule has 2 heterocycles.